The first kappa shape index (κ1) is 13.9. The molecule has 3 rings (SSSR count). The minimum atomic E-state index is -0.482. The second kappa shape index (κ2) is 5.07. The predicted octanol–water partition coefficient (Wildman–Crippen LogP) is 0.875. The molecule has 0 spiro atoms. The summed E-state index contributed by atoms with van der Waals surface area (Å²) in [7, 11) is 1.57. The zero-order valence-electron chi connectivity index (χ0n) is 11.4. The van der Waals surface area contributed by atoms with Gasteiger partial charge >= 0.3 is 5.69 Å². The van der Waals surface area contributed by atoms with Crippen LogP contribution < -0.4 is 21.7 Å². The molecular formula is C14H14BrN3O3. The molecule has 2 N–H and O–H groups in total. The number of nitrogen functional groups attached to an aromatic ring is 1. The maximum Gasteiger partial charge on any atom is 0.331 e. The summed E-state index contributed by atoms with van der Waals surface area (Å²) in [5.41, 5.74) is 6.69. The Morgan fingerprint density at radius 1 is 1.38 bits per heavy atom. The number of halogens is 1. The third-order valence-corrected chi connectivity index (χ3v) is 3.97. The van der Waals surface area contributed by atoms with Crippen LogP contribution in [-0.4, -0.2) is 15.7 Å². The number of hydrogen-bond acceptors (Lipinski definition) is 4. The van der Waals surface area contributed by atoms with E-state index in [0.717, 1.165) is 32.3 Å². The molecule has 1 aromatic heterocycles. The Kier molecular flexibility index (Phi) is 3.36. The van der Waals surface area contributed by atoms with E-state index in [-0.39, 0.29) is 12.2 Å². The van der Waals surface area contributed by atoms with Gasteiger partial charge in [0.2, 0.25) is 0 Å². The minimum absolute atomic E-state index is 0.0460. The summed E-state index contributed by atoms with van der Waals surface area (Å²) in [6.45, 7) is 0.751. The van der Waals surface area contributed by atoms with E-state index in [2.05, 4.69) is 15.9 Å². The van der Waals surface area contributed by atoms with Crippen LogP contribution in [0, 0.1) is 0 Å². The summed E-state index contributed by atoms with van der Waals surface area (Å²) in [4.78, 5) is 24.3. The smallest absolute Gasteiger partial charge is 0.331 e. The quantitative estimate of drug-likeness (QED) is 0.870. The fraction of sp³-hybridized carbons (Fsp3) is 0.286. The fourth-order valence-corrected chi connectivity index (χ4v) is 3.08. The van der Waals surface area contributed by atoms with Crippen LogP contribution in [0.5, 0.6) is 5.75 Å². The number of ether oxygens (including phenoxy) is 1. The molecule has 0 saturated carbocycles. The minimum Gasteiger partial charge on any atom is -0.493 e. The molecule has 2 heterocycles. The summed E-state index contributed by atoms with van der Waals surface area (Å²) in [5, 5.41) is 0. The Morgan fingerprint density at radius 2 is 2.14 bits per heavy atom. The van der Waals surface area contributed by atoms with Crippen LogP contribution in [0.4, 0.5) is 5.69 Å². The van der Waals surface area contributed by atoms with Crippen molar-refractivity contribution in [2.45, 2.75) is 13.0 Å². The number of aryl methyl sites for hydroxylation is 1. The van der Waals surface area contributed by atoms with Gasteiger partial charge in [-0.3, -0.25) is 9.36 Å². The van der Waals surface area contributed by atoms with E-state index in [1.807, 2.05) is 12.1 Å². The highest BCUT2D eigenvalue weighted by Crippen LogP contribution is 2.33. The second-order valence-electron chi connectivity index (χ2n) is 5.02. The van der Waals surface area contributed by atoms with Gasteiger partial charge in [0.25, 0.3) is 5.56 Å². The SMILES string of the molecule is Cn1cc(N)c(=O)n(Cc2cc(Br)cc3c2OCC3)c1=O. The van der Waals surface area contributed by atoms with E-state index < -0.39 is 11.2 Å². The molecule has 0 amide bonds. The number of nitrogens with zero attached hydrogens (tertiary/aromatic N) is 2. The highest BCUT2D eigenvalue weighted by Gasteiger charge is 2.19. The van der Waals surface area contributed by atoms with E-state index in [9.17, 15) is 9.59 Å². The first-order chi connectivity index (χ1) is 9.97. The van der Waals surface area contributed by atoms with Crippen molar-refractivity contribution in [2.75, 3.05) is 12.3 Å². The van der Waals surface area contributed by atoms with Gasteiger partial charge in [-0.1, -0.05) is 15.9 Å². The Bertz CT molecular complexity index is 804. The zero-order chi connectivity index (χ0) is 15.1. The molecule has 7 heteroatoms. The standard InChI is InChI=1S/C14H14BrN3O3/c1-17-7-11(16)13(19)18(14(17)20)6-9-5-10(15)4-8-2-3-21-12(8)9/h4-5,7H,2-3,6,16H2,1H3. The molecule has 6 nitrogen and oxygen atoms in total. The van der Waals surface area contributed by atoms with Crippen LogP contribution in [0.15, 0.2) is 32.4 Å². The van der Waals surface area contributed by atoms with Crippen molar-refractivity contribution in [2.24, 2.45) is 7.05 Å². The number of benzene rings is 1. The normalized spacial score (nSPS) is 13.0. The van der Waals surface area contributed by atoms with E-state index in [4.69, 9.17) is 10.5 Å². The van der Waals surface area contributed by atoms with Gasteiger partial charge in [0, 0.05) is 29.7 Å². The molecule has 1 aliphatic rings. The van der Waals surface area contributed by atoms with E-state index in [0.29, 0.717) is 6.61 Å². The largest absolute Gasteiger partial charge is 0.493 e. The Hall–Kier alpha value is -2.02. The monoisotopic (exact) mass is 351 g/mol. The second-order valence-corrected chi connectivity index (χ2v) is 5.94. The van der Waals surface area contributed by atoms with Gasteiger partial charge < -0.3 is 15.0 Å². The lowest BCUT2D eigenvalue weighted by molar-refractivity contribution is 0.352. The lowest BCUT2D eigenvalue weighted by Crippen LogP contribution is -2.40. The molecule has 2 aromatic rings. The average molecular weight is 352 g/mol. The van der Waals surface area contributed by atoms with Crippen LogP contribution in [0.2, 0.25) is 0 Å². The van der Waals surface area contributed by atoms with E-state index in [1.165, 1.54) is 10.8 Å². The molecular weight excluding hydrogens is 338 g/mol. The van der Waals surface area contributed by atoms with Crippen LogP contribution in [-0.2, 0) is 20.0 Å². The number of rotatable bonds is 2. The van der Waals surface area contributed by atoms with Crippen molar-refractivity contribution in [1.29, 1.82) is 0 Å². The summed E-state index contributed by atoms with van der Waals surface area (Å²) in [6.07, 6.45) is 2.16. The van der Waals surface area contributed by atoms with Crippen molar-refractivity contribution in [1.82, 2.24) is 9.13 Å². The maximum atomic E-state index is 12.1. The predicted molar refractivity (Wildman–Crippen MR) is 82.8 cm³/mol. The van der Waals surface area contributed by atoms with Crippen molar-refractivity contribution < 1.29 is 4.74 Å². The topological polar surface area (TPSA) is 79.2 Å². The van der Waals surface area contributed by atoms with Gasteiger partial charge in [-0.25, -0.2) is 4.79 Å². The molecule has 0 saturated heterocycles. The maximum absolute atomic E-state index is 12.1. The van der Waals surface area contributed by atoms with E-state index in [1.54, 1.807) is 7.05 Å². The summed E-state index contributed by atoms with van der Waals surface area (Å²) in [5.74, 6) is 0.759. The first-order valence-corrected chi connectivity index (χ1v) is 7.26. The van der Waals surface area contributed by atoms with Crippen molar-refractivity contribution in [3.05, 3.63) is 54.8 Å². The molecule has 0 aliphatic carbocycles. The van der Waals surface area contributed by atoms with Crippen molar-refractivity contribution >= 4 is 21.6 Å². The molecule has 21 heavy (non-hydrogen) atoms. The molecule has 0 unspecified atom stereocenters. The molecule has 0 bridgehead atoms. The van der Waals surface area contributed by atoms with Crippen LogP contribution >= 0.6 is 15.9 Å². The molecule has 0 radical (unpaired) electrons. The summed E-state index contributed by atoms with van der Waals surface area (Å²) < 4.78 is 8.94. The molecule has 110 valence electrons. The number of hydrogen-bond donors (Lipinski definition) is 1. The fourth-order valence-electron chi connectivity index (χ4n) is 2.53. The number of fused-ring (bicyclic) bond motifs is 1. The van der Waals surface area contributed by atoms with E-state index >= 15 is 0 Å². The number of nitrogens with two attached hydrogens (primary N) is 1. The Labute approximate surface area is 128 Å². The highest BCUT2D eigenvalue weighted by atomic mass is 79.9. The van der Waals surface area contributed by atoms with Gasteiger partial charge in [0.15, 0.2) is 0 Å². The Balaban J connectivity index is 2.15. The summed E-state index contributed by atoms with van der Waals surface area (Å²) in [6, 6.07) is 3.85. The van der Waals surface area contributed by atoms with Gasteiger partial charge in [-0.05, 0) is 17.7 Å². The zero-order valence-corrected chi connectivity index (χ0v) is 13.0. The number of anilines is 1. The summed E-state index contributed by atoms with van der Waals surface area (Å²) >= 11 is 3.44. The number of aromatic nitrogens is 2. The molecule has 0 fully saturated rings. The van der Waals surface area contributed by atoms with Gasteiger partial charge in [0.1, 0.15) is 11.4 Å². The first-order valence-electron chi connectivity index (χ1n) is 6.47. The van der Waals surface area contributed by atoms with Gasteiger partial charge in [-0.2, -0.15) is 0 Å². The third kappa shape index (κ3) is 2.37. The van der Waals surface area contributed by atoms with Crippen molar-refractivity contribution in [3.8, 4) is 5.75 Å². The van der Waals surface area contributed by atoms with Crippen LogP contribution in [0.3, 0.4) is 0 Å². The van der Waals surface area contributed by atoms with Gasteiger partial charge in [-0.15, -0.1) is 0 Å². The Morgan fingerprint density at radius 3 is 2.90 bits per heavy atom. The lowest BCUT2D eigenvalue weighted by atomic mass is 10.1. The average Bonchev–Trinajstić information content (AvgIpc) is 2.89. The highest BCUT2D eigenvalue weighted by molar-refractivity contribution is 9.10. The third-order valence-electron chi connectivity index (χ3n) is 3.51. The van der Waals surface area contributed by atoms with Gasteiger partial charge in [0.05, 0.1) is 13.2 Å². The molecule has 0 atom stereocenters. The van der Waals surface area contributed by atoms with Crippen LogP contribution in [0.1, 0.15) is 11.1 Å². The van der Waals surface area contributed by atoms with Crippen molar-refractivity contribution in [3.63, 3.8) is 0 Å². The van der Waals surface area contributed by atoms with Crippen LogP contribution in [0.25, 0.3) is 0 Å². The molecule has 1 aromatic carbocycles. The molecule has 1 aliphatic heterocycles. The lowest BCUT2D eigenvalue weighted by Gasteiger charge is -2.12.